The lowest BCUT2D eigenvalue weighted by atomic mass is 9.71. The number of aliphatic hydroxyl groups excluding tert-OH is 1. The molecule has 2 rings (SSSR count). The zero-order valence-electron chi connectivity index (χ0n) is 14.8. The first kappa shape index (κ1) is 16.9. The second kappa shape index (κ2) is 5.29. The van der Waals surface area contributed by atoms with Crippen LogP contribution in [0.4, 0.5) is 0 Å². The van der Waals surface area contributed by atoms with Gasteiger partial charge in [0, 0.05) is 17.9 Å². The van der Waals surface area contributed by atoms with Crippen molar-refractivity contribution in [2.24, 2.45) is 16.7 Å². The van der Waals surface area contributed by atoms with Crippen LogP contribution in [0.2, 0.25) is 0 Å². The molecule has 22 heavy (non-hydrogen) atoms. The molecule has 0 bridgehead atoms. The van der Waals surface area contributed by atoms with Crippen LogP contribution in [0.15, 0.2) is 34.1 Å². The first-order valence-electron chi connectivity index (χ1n) is 7.92. The van der Waals surface area contributed by atoms with E-state index in [1.54, 1.807) is 0 Å². The molecule has 2 aliphatic rings. The second-order valence-corrected chi connectivity index (χ2v) is 8.39. The first-order valence-corrected chi connectivity index (χ1v) is 7.92. The van der Waals surface area contributed by atoms with E-state index in [-0.39, 0.29) is 22.7 Å². The highest BCUT2D eigenvalue weighted by Crippen LogP contribution is 2.50. The van der Waals surface area contributed by atoms with Crippen LogP contribution in [-0.4, -0.2) is 18.2 Å². The summed E-state index contributed by atoms with van der Waals surface area (Å²) >= 11 is 0. The zero-order chi connectivity index (χ0) is 16.9. The number of methoxy groups -OCH3 is 1. The summed E-state index contributed by atoms with van der Waals surface area (Å²) in [6.45, 7) is 12.7. The third kappa shape index (κ3) is 3.13. The summed E-state index contributed by atoms with van der Waals surface area (Å²) < 4.78 is 4.83. The maximum Gasteiger partial charge on any atom is 0.334 e. The number of esters is 1. The molecule has 0 aromatic heterocycles. The van der Waals surface area contributed by atoms with Crippen LogP contribution >= 0.6 is 0 Å². The lowest BCUT2D eigenvalue weighted by Crippen LogP contribution is -2.24. The molecule has 0 spiro atoms. The first-order chi connectivity index (χ1) is 9.96. The molecule has 0 aliphatic heterocycles. The maximum atomic E-state index is 11.7. The summed E-state index contributed by atoms with van der Waals surface area (Å²) in [4.78, 5) is 11.7. The predicted octanol–water partition coefficient (Wildman–Crippen LogP) is 4.71. The molecule has 0 saturated carbocycles. The van der Waals surface area contributed by atoms with Gasteiger partial charge in [-0.3, -0.25) is 0 Å². The maximum absolute atomic E-state index is 11.7. The SMILES string of the molecule is COC(=O)C1=C(C2C=C(C(C)(C)C)C(O)=C(C(C)(C)C)C2)C1. The van der Waals surface area contributed by atoms with Gasteiger partial charge in [-0.1, -0.05) is 47.6 Å². The lowest BCUT2D eigenvalue weighted by molar-refractivity contribution is -0.135. The van der Waals surface area contributed by atoms with Crippen molar-refractivity contribution in [2.75, 3.05) is 7.11 Å². The Kier molecular flexibility index (Phi) is 4.05. The Labute approximate surface area is 133 Å². The van der Waals surface area contributed by atoms with Gasteiger partial charge in [-0.2, -0.15) is 0 Å². The van der Waals surface area contributed by atoms with Crippen LogP contribution in [0.25, 0.3) is 0 Å². The minimum absolute atomic E-state index is 0.0893. The molecule has 0 radical (unpaired) electrons. The average Bonchev–Trinajstić information content (AvgIpc) is 3.15. The van der Waals surface area contributed by atoms with Crippen molar-refractivity contribution in [3.63, 3.8) is 0 Å². The van der Waals surface area contributed by atoms with Crippen molar-refractivity contribution >= 4 is 5.97 Å². The van der Waals surface area contributed by atoms with Crippen molar-refractivity contribution in [2.45, 2.75) is 54.4 Å². The molecule has 0 aromatic rings. The van der Waals surface area contributed by atoms with Crippen molar-refractivity contribution in [1.29, 1.82) is 0 Å². The minimum atomic E-state index is -0.211. The third-order valence-corrected chi connectivity index (χ3v) is 4.56. The Bertz CT molecular complexity index is 589. The molecule has 0 fully saturated rings. The number of ether oxygens (including phenoxy) is 1. The number of carbonyl (C=O) groups is 1. The van der Waals surface area contributed by atoms with Crippen molar-refractivity contribution in [1.82, 2.24) is 0 Å². The highest BCUT2D eigenvalue weighted by molar-refractivity contribution is 5.95. The van der Waals surface area contributed by atoms with Gasteiger partial charge in [0.15, 0.2) is 0 Å². The fourth-order valence-electron chi connectivity index (χ4n) is 3.14. The Morgan fingerprint density at radius 1 is 1.18 bits per heavy atom. The number of rotatable bonds is 2. The summed E-state index contributed by atoms with van der Waals surface area (Å²) in [5, 5.41) is 10.7. The molecule has 2 aliphatic carbocycles. The monoisotopic (exact) mass is 304 g/mol. The van der Waals surface area contributed by atoms with E-state index in [2.05, 4.69) is 47.6 Å². The van der Waals surface area contributed by atoms with Crippen molar-refractivity contribution < 1.29 is 14.6 Å². The number of hydrogen-bond acceptors (Lipinski definition) is 3. The predicted molar refractivity (Wildman–Crippen MR) is 88.4 cm³/mol. The zero-order valence-corrected chi connectivity index (χ0v) is 14.8. The van der Waals surface area contributed by atoms with Gasteiger partial charge in [-0.25, -0.2) is 4.79 Å². The molecule has 0 aromatic carbocycles. The van der Waals surface area contributed by atoms with E-state index in [4.69, 9.17) is 4.74 Å². The van der Waals surface area contributed by atoms with E-state index < -0.39 is 0 Å². The molecule has 1 unspecified atom stereocenters. The average molecular weight is 304 g/mol. The van der Waals surface area contributed by atoms with Gasteiger partial charge in [-0.15, -0.1) is 0 Å². The van der Waals surface area contributed by atoms with Gasteiger partial charge in [0.1, 0.15) is 5.76 Å². The van der Waals surface area contributed by atoms with Gasteiger partial charge >= 0.3 is 5.97 Å². The van der Waals surface area contributed by atoms with Crippen LogP contribution < -0.4 is 0 Å². The van der Waals surface area contributed by atoms with Crippen LogP contribution in [0, 0.1) is 16.7 Å². The van der Waals surface area contributed by atoms with Crippen LogP contribution in [0.3, 0.4) is 0 Å². The number of aliphatic hydroxyl groups is 1. The van der Waals surface area contributed by atoms with E-state index in [9.17, 15) is 9.90 Å². The van der Waals surface area contributed by atoms with Gasteiger partial charge in [-0.05, 0) is 34.0 Å². The fraction of sp³-hybridized carbons (Fsp3) is 0.632. The molecule has 0 heterocycles. The molecule has 1 atom stereocenters. The molecular formula is C19H28O3. The van der Waals surface area contributed by atoms with E-state index in [1.165, 1.54) is 12.7 Å². The summed E-state index contributed by atoms with van der Waals surface area (Å²) in [5.74, 6) is 0.433. The van der Waals surface area contributed by atoms with E-state index in [1.807, 2.05) is 0 Å². The molecular weight excluding hydrogens is 276 g/mol. The Morgan fingerprint density at radius 2 is 1.77 bits per heavy atom. The topological polar surface area (TPSA) is 46.5 Å². The minimum Gasteiger partial charge on any atom is -0.508 e. The molecule has 0 saturated heterocycles. The normalized spacial score (nSPS) is 22.7. The van der Waals surface area contributed by atoms with Gasteiger partial charge in [0.2, 0.25) is 0 Å². The van der Waals surface area contributed by atoms with Gasteiger partial charge in [0.25, 0.3) is 0 Å². The summed E-state index contributed by atoms with van der Waals surface area (Å²) in [6.07, 6.45) is 3.67. The van der Waals surface area contributed by atoms with Crippen LogP contribution in [-0.2, 0) is 9.53 Å². The second-order valence-electron chi connectivity index (χ2n) is 8.39. The molecule has 3 nitrogen and oxygen atoms in total. The van der Waals surface area contributed by atoms with E-state index in [0.717, 1.165) is 29.6 Å². The lowest BCUT2D eigenvalue weighted by Gasteiger charge is -2.35. The molecule has 1 N–H and O–H groups in total. The van der Waals surface area contributed by atoms with Crippen LogP contribution in [0.5, 0.6) is 0 Å². The van der Waals surface area contributed by atoms with Gasteiger partial charge in [0.05, 0.1) is 7.11 Å². The highest BCUT2D eigenvalue weighted by Gasteiger charge is 2.40. The molecule has 3 heteroatoms. The summed E-state index contributed by atoms with van der Waals surface area (Å²) in [6, 6.07) is 0. The number of carbonyl (C=O) groups excluding carboxylic acids is 1. The van der Waals surface area contributed by atoms with Crippen LogP contribution in [0.1, 0.15) is 54.4 Å². The quantitative estimate of drug-likeness (QED) is 0.751. The summed E-state index contributed by atoms with van der Waals surface area (Å²) in [7, 11) is 1.43. The fourth-order valence-corrected chi connectivity index (χ4v) is 3.14. The Balaban J connectivity index is 2.44. The smallest absolute Gasteiger partial charge is 0.334 e. The standard InChI is InChI=1S/C19H28O3/c1-18(2,3)14-8-11(12-10-13(12)17(21)22-7)9-15(16(14)20)19(4,5)6/h8,11,20H,9-10H2,1-7H3. The van der Waals surface area contributed by atoms with Crippen molar-refractivity contribution in [3.8, 4) is 0 Å². The third-order valence-electron chi connectivity index (χ3n) is 4.56. The van der Waals surface area contributed by atoms with E-state index in [0.29, 0.717) is 5.76 Å². The number of allylic oxidation sites excluding steroid dienone is 4. The Hall–Kier alpha value is -1.51. The van der Waals surface area contributed by atoms with E-state index >= 15 is 0 Å². The Morgan fingerprint density at radius 3 is 2.23 bits per heavy atom. The highest BCUT2D eigenvalue weighted by atomic mass is 16.5. The number of hydrogen-bond donors (Lipinski definition) is 1. The summed E-state index contributed by atoms with van der Waals surface area (Å²) in [5.41, 5.74) is 3.83. The molecule has 122 valence electrons. The van der Waals surface area contributed by atoms with Crippen molar-refractivity contribution in [3.05, 3.63) is 34.1 Å². The van der Waals surface area contributed by atoms with Gasteiger partial charge < -0.3 is 9.84 Å². The largest absolute Gasteiger partial charge is 0.508 e. The molecule has 0 amide bonds.